The Labute approximate surface area is 85.3 Å². The fourth-order valence-electron chi connectivity index (χ4n) is 1.01. The van der Waals surface area contributed by atoms with Crippen molar-refractivity contribution in [2.75, 3.05) is 18.5 Å². The molecule has 0 aliphatic rings. The van der Waals surface area contributed by atoms with E-state index < -0.39 is 17.6 Å². The second-order valence-corrected chi connectivity index (χ2v) is 3.01. The van der Waals surface area contributed by atoms with Gasteiger partial charge in [0, 0.05) is 13.6 Å². The van der Waals surface area contributed by atoms with Crippen LogP contribution in [-0.4, -0.2) is 44.2 Å². The molecular weight excluding hydrogens is 204 g/mol. The van der Waals surface area contributed by atoms with Gasteiger partial charge in [-0.15, -0.1) is 5.10 Å². The van der Waals surface area contributed by atoms with Gasteiger partial charge in [0.15, 0.2) is 0 Å². The zero-order valence-corrected chi connectivity index (χ0v) is 8.12. The molecule has 0 aliphatic carbocycles. The highest BCUT2D eigenvalue weighted by Crippen LogP contribution is 2.20. The third-order valence-electron chi connectivity index (χ3n) is 1.72. The van der Waals surface area contributed by atoms with Crippen LogP contribution in [0.3, 0.4) is 0 Å². The summed E-state index contributed by atoms with van der Waals surface area (Å²) in [5, 5.41) is 34.5. The third kappa shape index (κ3) is 2.89. The van der Waals surface area contributed by atoms with Crippen molar-refractivity contribution in [3.05, 3.63) is 16.3 Å². The zero-order chi connectivity index (χ0) is 11.4. The maximum Gasteiger partial charge on any atom is 0.330 e. The maximum absolute atomic E-state index is 10.5. The molecule has 1 aromatic heterocycles. The predicted molar refractivity (Wildman–Crippen MR) is 51.4 cm³/mol. The first kappa shape index (κ1) is 11.4. The Morgan fingerprint density at radius 3 is 3.00 bits per heavy atom. The Morgan fingerprint density at radius 2 is 2.47 bits per heavy atom. The number of rotatable bonds is 5. The number of aryl methyl sites for hydroxylation is 1. The molecule has 84 valence electrons. The van der Waals surface area contributed by atoms with E-state index in [-0.39, 0.29) is 18.1 Å². The molecule has 0 fully saturated rings. The Bertz CT molecular complexity index is 351. The summed E-state index contributed by atoms with van der Waals surface area (Å²) in [7, 11) is 1.56. The van der Waals surface area contributed by atoms with Crippen molar-refractivity contribution in [3.63, 3.8) is 0 Å². The molecule has 8 nitrogen and oxygen atoms in total. The summed E-state index contributed by atoms with van der Waals surface area (Å²) in [6, 6.07) is 0. The van der Waals surface area contributed by atoms with E-state index in [0.717, 1.165) is 0 Å². The number of nitro groups is 1. The van der Waals surface area contributed by atoms with Crippen LogP contribution in [0.5, 0.6) is 0 Å². The first-order valence-electron chi connectivity index (χ1n) is 4.25. The quantitative estimate of drug-likeness (QED) is 0.434. The van der Waals surface area contributed by atoms with Crippen molar-refractivity contribution in [1.82, 2.24) is 9.78 Å². The number of anilines is 1. The normalized spacial score (nSPS) is 12.5. The van der Waals surface area contributed by atoms with Crippen molar-refractivity contribution in [2.24, 2.45) is 7.05 Å². The molecular formula is C7H12N4O4. The van der Waals surface area contributed by atoms with E-state index in [1.807, 2.05) is 0 Å². The minimum Gasteiger partial charge on any atom is -0.394 e. The van der Waals surface area contributed by atoms with Gasteiger partial charge in [0.05, 0.1) is 17.6 Å². The molecule has 0 bridgehead atoms. The maximum atomic E-state index is 10.5. The van der Waals surface area contributed by atoms with Gasteiger partial charge in [0.25, 0.3) is 0 Å². The summed E-state index contributed by atoms with van der Waals surface area (Å²) in [5.41, 5.74) is -0.164. The minimum absolute atomic E-state index is 0.00829. The average Bonchev–Trinajstić information content (AvgIpc) is 2.56. The SMILES string of the molecule is Cn1cc([N+](=O)[O-])c(NCC(O)CO)n1. The molecule has 1 rings (SSSR count). The van der Waals surface area contributed by atoms with Gasteiger partial charge in [-0.25, -0.2) is 0 Å². The summed E-state index contributed by atoms with van der Waals surface area (Å²) in [6.45, 7) is -0.401. The lowest BCUT2D eigenvalue weighted by molar-refractivity contribution is -0.384. The molecule has 0 spiro atoms. The number of hydrogen-bond donors (Lipinski definition) is 3. The van der Waals surface area contributed by atoms with Crippen molar-refractivity contribution < 1.29 is 15.1 Å². The lowest BCUT2D eigenvalue weighted by atomic mass is 10.4. The van der Waals surface area contributed by atoms with Crippen LogP contribution in [0.1, 0.15) is 0 Å². The monoisotopic (exact) mass is 216 g/mol. The van der Waals surface area contributed by atoms with Crippen molar-refractivity contribution in [2.45, 2.75) is 6.10 Å². The van der Waals surface area contributed by atoms with Crippen LogP contribution in [0.4, 0.5) is 11.5 Å². The largest absolute Gasteiger partial charge is 0.394 e. The molecule has 0 amide bonds. The molecule has 0 saturated heterocycles. The van der Waals surface area contributed by atoms with E-state index in [4.69, 9.17) is 10.2 Å². The highest BCUT2D eigenvalue weighted by atomic mass is 16.6. The number of aromatic nitrogens is 2. The lowest BCUT2D eigenvalue weighted by Gasteiger charge is -2.06. The fourth-order valence-corrected chi connectivity index (χ4v) is 1.01. The van der Waals surface area contributed by atoms with Crippen molar-refractivity contribution in [1.29, 1.82) is 0 Å². The van der Waals surface area contributed by atoms with Gasteiger partial charge in [-0.3, -0.25) is 14.8 Å². The molecule has 1 aromatic rings. The van der Waals surface area contributed by atoms with E-state index in [2.05, 4.69) is 10.4 Å². The van der Waals surface area contributed by atoms with Crippen LogP contribution < -0.4 is 5.32 Å². The molecule has 0 aromatic carbocycles. The molecule has 3 N–H and O–H groups in total. The van der Waals surface area contributed by atoms with Crippen LogP contribution in [0, 0.1) is 10.1 Å². The summed E-state index contributed by atoms with van der Waals surface area (Å²) in [5.74, 6) is 0.0787. The van der Waals surface area contributed by atoms with Gasteiger partial charge in [0.1, 0.15) is 6.20 Å². The van der Waals surface area contributed by atoms with E-state index in [1.165, 1.54) is 10.9 Å². The number of aliphatic hydroxyl groups excluding tert-OH is 2. The highest BCUT2D eigenvalue weighted by Gasteiger charge is 2.18. The zero-order valence-electron chi connectivity index (χ0n) is 8.12. The lowest BCUT2D eigenvalue weighted by Crippen LogP contribution is -2.23. The Balaban J connectivity index is 2.71. The Hall–Kier alpha value is -1.67. The van der Waals surface area contributed by atoms with E-state index >= 15 is 0 Å². The van der Waals surface area contributed by atoms with Crippen molar-refractivity contribution in [3.8, 4) is 0 Å². The molecule has 15 heavy (non-hydrogen) atoms. The first-order valence-corrected chi connectivity index (χ1v) is 4.25. The summed E-state index contributed by atoms with van der Waals surface area (Å²) in [6.07, 6.45) is 0.291. The summed E-state index contributed by atoms with van der Waals surface area (Å²) >= 11 is 0. The van der Waals surface area contributed by atoms with Crippen LogP contribution in [0.2, 0.25) is 0 Å². The summed E-state index contributed by atoms with van der Waals surface area (Å²) in [4.78, 5) is 9.98. The molecule has 8 heteroatoms. The van der Waals surface area contributed by atoms with E-state index in [0.29, 0.717) is 0 Å². The van der Waals surface area contributed by atoms with Gasteiger partial charge in [0.2, 0.25) is 5.82 Å². The summed E-state index contributed by atoms with van der Waals surface area (Å²) < 4.78 is 1.30. The van der Waals surface area contributed by atoms with Gasteiger partial charge < -0.3 is 15.5 Å². The fraction of sp³-hybridized carbons (Fsp3) is 0.571. The molecule has 0 radical (unpaired) electrons. The van der Waals surface area contributed by atoms with Crippen LogP contribution >= 0.6 is 0 Å². The highest BCUT2D eigenvalue weighted by molar-refractivity contribution is 5.54. The van der Waals surface area contributed by atoms with Gasteiger partial charge in [-0.2, -0.15) is 0 Å². The number of nitrogens with one attached hydrogen (secondary N) is 1. The number of hydrogen-bond acceptors (Lipinski definition) is 6. The Morgan fingerprint density at radius 1 is 1.80 bits per heavy atom. The predicted octanol–water partition coefficient (Wildman–Crippen LogP) is -0.907. The second-order valence-electron chi connectivity index (χ2n) is 3.01. The number of nitrogens with zero attached hydrogens (tertiary/aromatic N) is 3. The molecule has 0 saturated carbocycles. The van der Waals surface area contributed by atoms with Crippen LogP contribution in [0.25, 0.3) is 0 Å². The molecule has 1 unspecified atom stereocenters. The van der Waals surface area contributed by atoms with E-state index in [1.54, 1.807) is 7.05 Å². The average molecular weight is 216 g/mol. The minimum atomic E-state index is -0.966. The van der Waals surface area contributed by atoms with Crippen LogP contribution in [0.15, 0.2) is 6.20 Å². The van der Waals surface area contributed by atoms with Crippen molar-refractivity contribution >= 4 is 11.5 Å². The molecule has 1 heterocycles. The molecule has 0 aliphatic heterocycles. The van der Waals surface area contributed by atoms with Gasteiger partial charge in [-0.1, -0.05) is 0 Å². The third-order valence-corrected chi connectivity index (χ3v) is 1.72. The van der Waals surface area contributed by atoms with Gasteiger partial charge in [-0.05, 0) is 0 Å². The Kier molecular flexibility index (Phi) is 3.58. The standard InChI is InChI=1S/C7H12N4O4/c1-10-3-6(11(14)15)7(9-10)8-2-5(13)4-12/h3,5,12-13H,2,4H2,1H3,(H,8,9). The molecule has 1 atom stereocenters. The van der Waals surface area contributed by atoms with Crippen LogP contribution in [-0.2, 0) is 7.05 Å². The smallest absolute Gasteiger partial charge is 0.330 e. The van der Waals surface area contributed by atoms with E-state index in [9.17, 15) is 10.1 Å². The number of aliphatic hydroxyl groups is 2. The van der Waals surface area contributed by atoms with Gasteiger partial charge >= 0.3 is 5.69 Å². The topological polar surface area (TPSA) is 113 Å². The first-order chi connectivity index (χ1) is 7.04. The second kappa shape index (κ2) is 4.71.